The van der Waals surface area contributed by atoms with Gasteiger partial charge >= 0.3 is 0 Å². The second kappa shape index (κ2) is 10.0. The molecule has 176 valence electrons. The molecule has 0 saturated heterocycles. The first-order chi connectivity index (χ1) is 16.6. The molecule has 1 aliphatic carbocycles. The summed E-state index contributed by atoms with van der Waals surface area (Å²) in [5, 5.41) is 2.10. The van der Waals surface area contributed by atoms with E-state index in [0.717, 1.165) is 36.1 Å². The van der Waals surface area contributed by atoms with E-state index in [1.54, 1.807) is 16.2 Å². The summed E-state index contributed by atoms with van der Waals surface area (Å²) in [4.78, 5) is 31.8. The summed E-state index contributed by atoms with van der Waals surface area (Å²) in [7, 11) is 0. The van der Waals surface area contributed by atoms with Gasteiger partial charge in [-0.25, -0.2) is 0 Å². The zero-order chi connectivity index (χ0) is 23.5. The Hall–Kier alpha value is -3.12. The standard InChI is InChI=1S/C28H30N2O3S/c1-20-7-5-6-10-25(20)33-19-24-23-14-16-34-26(23)13-15-29(24)28(32)18-30(22-11-12-22)27(31)17-21-8-3-2-4-9-21/h2-10,14,16,22,24H,11-13,15,17-19H2,1H3/t24-/m0/s1. The molecular weight excluding hydrogens is 444 g/mol. The number of carbonyl (C=O) groups is 2. The number of ether oxygens (including phenoxy) is 1. The summed E-state index contributed by atoms with van der Waals surface area (Å²) >= 11 is 1.74. The molecule has 2 amide bonds. The predicted octanol–water partition coefficient (Wildman–Crippen LogP) is 4.80. The van der Waals surface area contributed by atoms with E-state index >= 15 is 0 Å². The number of benzene rings is 2. The first-order valence-electron chi connectivity index (χ1n) is 12.0. The van der Waals surface area contributed by atoms with Crippen molar-refractivity contribution in [1.82, 2.24) is 9.80 Å². The summed E-state index contributed by atoms with van der Waals surface area (Å²) in [6.45, 7) is 3.22. The summed E-state index contributed by atoms with van der Waals surface area (Å²) in [5.41, 5.74) is 3.23. The maximum absolute atomic E-state index is 13.6. The van der Waals surface area contributed by atoms with Crippen LogP contribution in [0.5, 0.6) is 5.75 Å². The highest BCUT2D eigenvalue weighted by molar-refractivity contribution is 7.10. The van der Waals surface area contributed by atoms with Gasteiger partial charge in [-0.2, -0.15) is 0 Å². The Morgan fingerprint density at radius 3 is 2.59 bits per heavy atom. The third-order valence-corrected chi connectivity index (χ3v) is 7.71. The van der Waals surface area contributed by atoms with Crippen LogP contribution >= 0.6 is 11.3 Å². The van der Waals surface area contributed by atoms with Gasteiger partial charge in [0.25, 0.3) is 0 Å². The fourth-order valence-corrected chi connectivity index (χ4v) is 5.61. The first-order valence-corrected chi connectivity index (χ1v) is 12.9. The molecule has 1 fully saturated rings. The minimum Gasteiger partial charge on any atom is -0.491 e. The zero-order valence-electron chi connectivity index (χ0n) is 19.5. The van der Waals surface area contributed by atoms with Gasteiger partial charge in [-0.3, -0.25) is 9.59 Å². The van der Waals surface area contributed by atoms with Crippen molar-refractivity contribution in [2.24, 2.45) is 0 Å². The second-order valence-corrected chi connectivity index (χ2v) is 10.1. The molecule has 0 radical (unpaired) electrons. The quantitative estimate of drug-likeness (QED) is 0.471. The molecule has 5 nitrogen and oxygen atoms in total. The summed E-state index contributed by atoms with van der Waals surface area (Å²) in [5.74, 6) is 0.876. The van der Waals surface area contributed by atoms with E-state index in [1.165, 1.54) is 10.4 Å². The van der Waals surface area contributed by atoms with E-state index in [1.807, 2.05) is 66.4 Å². The molecule has 0 unspecified atom stereocenters. The van der Waals surface area contributed by atoms with Crippen molar-refractivity contribution >= 4 is 23.2 Å². The summed E-state index contributed by atoms with van der Waals surface area (Å²) < 4.78 is 6.20. The zero-order valence-corrected chi connectivity index (χ0v) is 20.3. The molecular formula is C28H30N2O3S. The predicted molar refractivity (Wildman–Crippen MR) is 134 cm³/mol. The molecule has 1 aliphatic heterocycles. The van der Waals surface area contributed by atoms with Crippen LogP contribution in [0.4, 0.5) is 0 Å². The van der Waals surface area contributed by atoms with Gasteiger partial charge < -0.3 is 14.5 Å². The first kappa shape index (κ1) is 22.7. The number of para-hydroxylation sites is 1. The smallest absolute Gasteiger partial charge is 0.242 e. The van der Waals surface area contributed by atoms with E-state index in [-0.39, 0.29) is 30.4 Å². The van der Waals surface area contributed by atoms with E-state index in [2.05, 4.69) is 11.4 Å². The summed E-state index contributed by atoms with van der Waals surface area (Å²) in [6.07, 6.45) is 3.13. The number of carbonyl (C=O) groups excluding carboxylic acids is 2. The van der Waals surface area contributed by atoms with Crippen LogP contribution in [-0.2, 0) is 22.4 Å². The lowest BCUT2D eigenvalue weighted by atomic mass is 10.00. The molecule has 5 rings (SSSR count). The summed E-state index contributed by atoms with van der Waals surface area (Å²) in [6, 6.07) is 19.9. The molecule has 3 aromatic rings. The van der Waals surface area contributed by atoms with Crippen LogP contribution in [0.25, 0.3) is 0 Å². The fraction of sp³-hybridized carbons (Fsp3) is 0.357. The second-order valence-electron chi connectivity index (χ2n) is 9.14. The van der Waals surface area contributed by atoms with Crippen molar-refractivity contribution in [1.29, 1.82) is 0 Å². The third kappa shape index (κ3) is 5.02. The fourth-order valence-electron chi connectivity index (χ4n) is 4.68. The average molecular weight is 475 g/mol. The lowest BCUT2D eigenvalue weighted by Crippen LogP contribution is -2.48. The van der Waals surface area contributed by atoms with Crippen molar-refractivity contribution in [3.8, 4) is 5.75 Å². The Kier molecular flexibility index (Phi) is 6.68. The van der Waals surface area contributed by atoms with Crippen LogP contribution in [0, 0.1) is 6.92 Å². The van der Waals surface area contributed by atoms with Crippen LogP contribution < -0.4 is 4.74 Å². The van der Waals surface area contributed by atoms with E-state index in [4.69, 9.17) is 4.74 Å². The van der Waals surface area contributed by atoms with Crippen LogP contribution in [0.1, 0.15) is 40.5 Å². The molecule has 34 heavy (non-hydrogen) atoms. The number of thiophene rings is 1. The van der Waals surface area contributed by atoms with Gasteiger partial charge in [0.1, 0.15) is 18.9 Å². The van der Waals surface area contributed by atoms with E-state index in [0.29, 0.717) is 19.6 Å². The largest absolute Gasteiger partial charge is 0.491 e. The lowest BCUT2D eigenvalue weighted by Gasteiger charge is -2.37. The molecule has 1 aromatic heterocycles. The maximum atomic E-state index is 13.6. The van der Waals surface area contributed by atoms with Crippen LogP contribution in [0.3, 0.4) is 0 Å². The van der Waals surface area contributed by atoms with Crippen molar-refractivity contribution in [3.05, 3.63) is 87.6 Å². The SMILES string of the molecule is Cc1ccccc1OC[C@H]1c2ccsc2CCN1C(=O)CN(C(=O)Cc1ccccc1)C1CC1. The van der Waals surface area contributed by atoms with Gasteiger partial charge in [-0.1, -0.05) is 48.5 Å². The molecule has 1 atom stereocenters. The highest BCUT2D eigenvalue weighted by atomic mass is 32.1. The Labute approximate surface area is 205 Å². The molecule has 0 N–H and O–H groups in total. The molecule has 6 heteroatoms. The molecule has 0 bridgehead atoms. The third-order valence-electron chi connectivity index (χ3n) is 6.72. The number of rotatable bonds is 8. The van der Waals surface area contributed by atoms with E-state index in [9.17, 15) is 9.59 Å². The highest BCUT2D eigenvalue weighted by Crippen LogP contribution is 2.35. The lowest BCUT2D eigenvalue weighted by molar-refractivity contribution is -0.143. The Balaban J connectivity index is 1.31. The van der Waals surface area contributed by atoms with Gasteiger partial charge in [-0.05, 0) is 60.4 Å². The van der Waals surface area contributed by atoms with Gasteiger partial charge in [-0.15, -0.1) is 11.3 Å². The number of aryl methyl sites for hydroxylation is 1. The molecule has 0 spiro atoms. The van der Waals surface area contributed by atoms with Gasteiger partial charge in [0.05, 0.1) is 12.5 Å². The van der Waals surface area contributed by atoms with Crippen molar-refractivity contribution in [2.75, 3.05) is 19.7 Å². The topological polar surface area (TPSA) is 49.9 Å². The van der Waals surface area contributed by atoms with Crippen LogP contribution in [-0.4, -0.2) is 47.4 Å². The number of nitrogens with zero attached hydrogens (tertiary/aromatic N) is 2. The maximum Gasteiger partial charge on any atom is 0.242 e. The normalized spacial score (nSPS) is 17.2. The minimum absolute atomic E-state index is 0.00328. The highest BCUT2D eigenvalue weighted by Gasteiger charge is 2.37. The molecule has 2 heterocycles. The van der Waals surface area contributed by atoms with Crippen molar-refractivity contribution in [2.45, 2.75) is 44.7 Å². The number of fused-ring (bicyclic) bond motifs is 1. The Morgan fingerprint density at radius 1 is 1.06 bits per heavy atom. The van der Waals surface area contributed by atoms with E-state index < -0.39 is 0 Å². The number of hydrogen-bond acceptors (Lipinski definition) is 4. The molecule has 2 aromatic carbocycles. The van der Waals surface area contributed by atoms with Crippen molar-refractivity contribution in [3.63, 3.8) is 0 Å². The number of hydrogen-bond donors (Lipinski definition) is 0. The Bertz CT molecular complexity index is 1160. The van der Waals surface area contributed by atoms with Gasteiger partial charge in [0, 0.05) is 17.5 Å². The number of amides is 2. The monoisotopic (exact) mass is 474 g/mol. The van der Waals surface area contributed by atoms with Gasteiger partial charge in [0.15, 0.2) is 0 Å². The molecule has 2 aliphatic rings. The van der Waals surface area contributed by atoms with Gasteiger partial charge in [0.2, 0.25) is 11.8 Å². The minimum atomic E-state index is -0.146. The average Bonchev–Trinajstić information content (AvgIpc) is 3.57. The Morgan fingerprint density at radius 2 is 1.82 bits per heavy atom. The molecule has 1 saturated carbocycles. The van der Waals surface area contributed by atoms with Crippen LogP contribution in [0.2, 0.25) is 0 Å². The van der Waals surface area contributed by atoms with Crippen LogP contribution in [0.15, 0.2) is 66.0 Å². The van der Waals surface area contributed by atoms with Crippen molar-refractivity contribution < 1.29 is 14.3 Å².